The number of rotatable bonds is 13. The zero-order valence-corrected chi connectivity index (χ0v) is 26.7. The fourth-order valence-corrected chi connectivity index (χ4v) is 7.93. The molecule has 2 aliphatic carbocycles. The first-order valence-electron chi connectivity index (χ1n) is 16.7. The highest BCUT2D eigenvalue weighted by molar-refractivity contribution is 5.94. The van der Waals surface area contributed by atoms with E-state index in [1.807, 2.05) is 17.0 Å². The van der Waals surface area contributed by atoms with E-state index in [1.54, 1.807) is 26.4 Å². The number of fused-ring (bicyclic) bond motifs is 1. The van der Waals surface area contributed by atoms with Gasteiger partial charge in [0.05, 0.1) is 18.8 Å². The summed E-state index contributed by atoms with van der Waals surface area (Å²) in [4.78, 5) is 42.5. The molecule has 9 nitrogen and oxygen atoms in total. The maximum atomic E-state index is 14.2. The Morgan fingerprint density at radius 1 is 1.00 bits per heavy atom. The molecule has 3 fully saturated rings. The summed E-state index contributed by atoms with van der Waals surface area (Å²) < 4.78 is 34.8. The van der Waals surface area contributed by atoms with Gasteiger partial charge in [0.2, 0.25) is 11.7 Å². The summed E-state index contributed by atoms with van der Waals surface area (Å²) in [6.07, 6.45) is 8.65. The minimum atomic E-state index is -0.538. The van der Waals surface area contributed by atoms with Gasteiger partial charge in [-0.25, -0.2) is 9.18 Å². The molecule has 0 unspecified atom stereocenters. The number of ketones is 1. The van der Waals surface area contributed by atoms with Crippen LogP contribution >= 0.6 is 0 Å². The smallest absolute Gasteiger partial charge is 0.374 e. The zero-order chi connectivity index (χ0) is 31.9. The molecule has 2 aromatic rings. The van der Waals surface area contributed by atoms with Crippen molar-refractivity contribution in [2.24, 2.45) is 29.4 Å². The molecule has 1 aromatic heterocycles. The van der Waals surface area contributed by atoms with Crippen molar-refractivity contribution in [3.8, 4) is 0 Å². The van der Waals surface area contributed by atoms with Crippen LogP contribution in [0.3, 0.4) is 0 Å². The summed E-state index contributed by atoms with van der Waals surface area (Å²) in [5.74, 6) is 0.138. The molecule has 2 saturated carbocycles. The van der Waals surface area contributed by atoms with Crippen molar-refractivity contribution >= 4 is 28.6 Å². The standard InChI is InChI=1S/C35H49FN2O7/c1-42-16-3-17-44-35(41)32-20-26-18-22(4-13-31(26)45-32)19-30(39)33-28(23-9-11-27(43-2)12-10-23)14-15-38(33)34(40)25-7-5-24(6-8-25)29(37)21-36/h4,13,18,20,23-25,27-29,33H,3,5-12,14-17,19,21,37H2,1-2H3/t23?,24?,25?,27?,28-,29-,33-/m1/s1. The van der Waals surface area contributed by atoms with Gasteiger partial charge in [0, 0.05) is 57.6 Å². The van der Waals surface area contributed by atoms with Crippen molar-refractivity contribution in [2.45, 2.75) is 88.8 Å². The molecular formula is C35H49FN2O7. The SMILES string of the molecule is COCCCOC(=O)c1cc2cc(CC(=O)[C@H]3[C@@H](C4CCC(OC)CC4)CCN3C(=O)C3CCC([C@H](N)CF)CC3)ccc2o1. The van der Waals surface area contributed by atoms with Crippen LogP contribution in [-0.2, 0) is 30.2 Å². The molecule has 1 aromatic carbocycles. The number of nitrogens with two attached hydrogens (primary N) is 1. The molecule has 248 valence electrons. The minimum Gasteiger partial charge on any atom is -0.460 e. The second-order valence-corrected chi connectivity index (χ2v) is 13.2. The number of hydrogen-bond donors (Lipinski definition) is 1. The van der Waals surface area contributed by atoms with Crippen molar-refractivity contribution in [3.05, 3.63) is 35.6 Å². The fraction of sp³-hybridized carbons (Fsp3) is 0.686. The van der Waals surface area contributed by atoms with Crippen LogP contribution in [0.2, 0.25) is 0 Å². The Bertz CT molecular complexity index is 1300. The van der Waals surface area contributed by atoms with E-state index in [-0.39, 0.29) is 54.3 Å². The van der Waals surface area contributed by atoms with Gasteiger partial charge in [0.25, 0.3) is 0 Å². The highest BCUT2D eigenvalue weighted by Gasteiger charge is 2.47. The van der Waals surface area contributed by atoms with Crippen LogP contribution in [0.4, 0.5) is 4.39 Å². The number of halogens is 1. The average Bonchev–Trinajstić information content (AvgIpc) is 3.71. The Balaban J connectivity index is 1.30. The Hall–Kier alpha value is -2.82. The lowest BCUT2D eigenvalue weighted by atomic mass is 9.74. The number of likely N-dealkylation sites (tertiary alicyclic amines) is 1. The second-order valence-electron chi connectivity index (χ2n) is 13.2. The summed E-state index contributed by atoms with van der Waals surface area (Å²) in [5.41, 5.74) is 7.33. The molecule has 5 rings (SSSR count). The largest absolute Gasteiger partial charge is 0.460 e. The van der Waals surface area contributed by atoms with Crippen molar-refractivity contribution in [1.29, 1.82) is 0 Å². The zero-order valence-electron chi connectivity index (χ0n) is 26.7. The first kappa shape index (κ1) is 33.5. The number of amides is 1. The van der Waals surface area contributed by atoms with E-state index in [4.69, 9.17) is 24.4 Å². The maximum absolute atomic E-state index is 14.2. The second kappa shape index (κ2) is 15.6. The van der Waals surface area contributed by atoms with Crippen LogP contribution in [0.5, 0.6) is 0 Å². The van der Waals surface area contributed by atoms with Gasteiger partial charge in [-0.2, -0.15) is 0 Å². The van der Waals surface area contributed by atoms with Gasteiger partial charge < -0.3 is 29.3 Å². The molecule has 1 aliphatic heterocycles. The Kier molecular flexibility index (Phi) is 11.7. The van der Waals surface area contributed by atoms with Gasteiger partial charge in [-0.1, -0.05) is 6.07 Å². The number of esters is 1. The number of methoxy groups -OCH3 is 2. The number of Topliss-reactive ketones (excluding diaryl/α,β-unsaturated/α-hetero) is 1. The molecule has 3 atom stereocenters. The van der Waals surface area contributed by atoms with Crippen molar-refractivity contribution in [3.63, 3.8) is 0 Å². The summed E-state index contributed by atoms with van der Waals surface area (Å²) in [6, 6.07) is 6.23. The molecule has 1 saturated heterocycles. The van der Waals surface area contributed by atoms with E-state index in [0.29, 0.717) is 43.9 Å². The molecular weight excluding hydrogens is 579 g/mol. The molecule has 0 spiro atoms. The van der Waals surface area contributed by atoms with E-state index in [1.165, 1.54) is 0 Å². The molecule has 45 heavy (non-hydrogen) atoms. The topological polar surface area (TPSA) is 121 Å². The van der Waals surface area contributed by atoms with Gasteiger partial charge >= 0.3 is 5.97 Å². The van der Waals surface area contributed by atoms with Crippen LogP contribution in [0, 0.1) is 23.7 Å². The quantitative estimate of drug-likeness (QED) is 0.236. The normalized spacial score (nSPS) is 27.9. The first-order valence-corrected chi connectivity index (χ1v) is 16.7. The molecule has 0 radical (unpaired) electrons. The monoisotopic (exact) mass is 628 g/mol. The van der Waals surface area contributed by atoms with E-state index >= 15 is 0 Å². The number of hydrogen-bond acceptors (Lipinski definition) is 8. The van der Waals surface area contributed by atoms with Crippen LogP contribution in [-0.4, -0.2) is 81.4 Å². The Morgan fingerprint density at radius 3 is 2.44 bits per heavy atom. The van der Waals surface area contributed by atoms with Crippen molar-refractivity contribution < 1.29 is 37.4 Å². The Labute approximate surface area is 265 Å². The molecule has 1 amide bonds. The van der Waals surface area contributed by atoms with Gasteiger partial charge in [-0.05, 0) is 99.3 Å². The number of benzene rings is 1. The lowest BCUT2D eigenvalue weighted by Crippen LogP contribution is -2.48. The molecule has 2 heterocycles. The third kappa shape index (κ3) is 7.95. The summed E-state index contributed by atoms with van der Waals surface area (Å²) in [5, 5.41) is 0.723. The molecule has 2 N–H and O–H groups in total. The van der Waals surface area contributed by atoms with Gasteiger partial charge in [0.1, 0.15) is 12.3 Å². The van der Waals surface area contributed by atoms with Crippen LogP contribution in [0.25, 0.3) is 11.0 Å². The van der Waals surface area contributed by atoms with E-state index in [0.717, 1.165) is 55.9 Å². The fourth-order valence-electron chi connectivity index (χ4n) is 7.93. The maximum Gasteiger partial charge on any atom is 0.374 e. The number of alkyl halides is 1. The summed E-state index contributed by atoms with van der Waals surface area (Å²) >= 11 is 0. The summed E-state index contributed by atoms with van der Waals surface area (Å²) in [7, 11) is 3.35. The summed E-state index contributed by atoms with van der Waals surface area (Å²) in [6.45, 7) is 0.788. The third-order valence-corrected chi connectivity index (χ3v) is 10.5. The van der Waals surface area contributed by atoms with Gasteiger partial charge in [0.15, 0.2) is 5.78 Å². The van der Waals surface area contributed by atoms with E-state index in [2.05, 4.69) is 0 Å². The number of ether oxygens (including phenoxy) is 3. The van der Waals surface area contributed by atoms with Gasteiger partial charge in [-0.15, -0.1) is 0 Å². The minimum absolute atomic E-state index is 0.0495. The predicted octanol–water partition coefficient (Wildman–Crippen LogP) is 5.26. The lowest BCUT2D eigenvalue weighted by molar-refractivity contribution is -0.143. The third-order valence-electron chi connectivity index (χ3n) is 10.5. The first-order chi connectivity index (χ1) is 21.8. The molecule has 3 aliphatic rings. The van der Waals surface area contributed by atoms with Crippen LogP contribution in [0.1, 0.15) is 80.3 Å². The van der Waals surface area contributed by atoms with E-state index in [9.17, 15) is 18.8 Å². The number of carbonyl (C=O) groups is 3. The predicted molar refractivity (Wildman–Crippen MR) is 167 cm³/mol. The van der Waals surface area contributed by atoms with Crippen LogP contribution in [0.15, 0.2) is 28.7 Å². The lowest BCUT2D eigenvalue weighted by Gasteiger charge is -2.37. The van der Waals surface area contributed by atoms with Gasteiger partial charge in [-0.3, -0.25) is 9.59 Å². The highest BCUT2D eigenvalue weighted by atomic mass is 19.1. The average molecular weight is 629 g/mol. The molecule has 0 bridgehead atoms. The van der Waals surface area contributed by atoms with Crippen LogP contribution < -0.4 is 5.73 Å². The Morgan fingerprint density at radius 2 is 1.76 bits per heavy atom. The van der Waals surface area contributed by atoms with E-state index < -0.39 is 24.7 Å². The number of nitrogens with zero attached hydrogens (tertiary/aromatic N) is 1. The number of carbonyl (C=O) groups excluding carboxylic acids is 3. The molecule has 10 heteroatoms. The highest BCUT2D eigenvalue weighted by Crippen LogP contribution is 2.42. The van der Waals surface area contributed by atoms with Crippen molar-refractivity contribution in [2.75, 3.05) is 40.7 Å². The van der Waals surface area contributed by atoms with Crippen molar-refractivity contribution in [1.82, 2.24) is 4.90 Å². The number of furan rings is 1.